The number of nitrogens with zero attached hydrogens (tertiary/aromatic N) is 1. The lowest BCUT2D eigenvalue weighted by atomic mass is 10.0. The Balaban J connectivity index is 2.61. The van der Waals surface area contributed by atoms with E-state index in [0.717, 1.165) is 5.56 Å². The molecule has 1 N–H and O–H groups in total. The zero-order valence-corrected chi connectivity index (χ0v) is 8.98. The van der Waals surface area contributed by atoms with Crippen LogP contribution in [0.5, 0.6) is 0 Å². The van der Waals surface area contributed by atoms with Crippen LogP contribution in [0.15, 0.2) is 42.6 Å². The molecule has 0 amide bonds. The van der Waals surface area contributed by atoms with Gasteiger partial charge in [0.25, 0.3) is 0 Å². The lowest BCUT2D eigenvalue weighted by Gasteiger charge is -2.05. The first-order valence-electron chi connectivity index (χ1n) is 4.63. The minimum Gasteiger partial charge on any atom is -0.478 e. The summed E-state index contributed by atoms with van der Waals surface area (Å²) in [7, 11) is 0. The van der Waals surface area contributed by atoms with Crippen LogP contribution in [0.1, 0.15) is 10.4 Å². The Labute approximate surface area is 97.3 Å². The predicted octanol–water partition coefficient (Wildman–Crippen LogP) is 3.10. The number of hydrogen-bond donors (Lipinski definition) is 1. The van der Waals surface area contributed by atoms with E-state index in [2.05, 4.69) is 4.98 Å². The average Bonchev–Trinajstić information content (AvgIpc) is 2.30. The first-order valence-corrected chi connectivity index (χ1v) is 5.00. The van der Waals surface area contributed by atoms with Crippen LogP contribution in [0.25, 0.3) is 11.1 Å². The molecule has 2 aromatic rings. The van der Waals surface area contributed by atoms with Gasteiger partial charge < -0.3 is 5.11 Å². The lowest BCUT2D eigenvalue weighted by molar-refractivity contribution is 0.0697. The van der Waals surface area contributed by atoms with E-state index in [1.54, 1.807) is 0 Å². The van der Waals surface area contributed by atoms with Crippen LogP contribution in [-0.2, 0) is 0 Å². The summed E-state index contributed by atoms with van der Waals surface area (Å²) in [6.45, 7) is 0. The van der Waals surface area contributed by atoms with Crippen molar-refractivity contribution < 1.29 is 9.90 Å². The van der Waals surface area contributed by atoms with E-state index in [-0.39, 0.29) is 10.7 Å². The minimum absolute atomic E-state index is 0.159. The Morgan fingerprint density at radius 3 is 2.56 bits per heavy atom. The summed E-state index contributed by atoms with van der Waals surface area (Å²) in [5, 5.41) is 9.24. The molecule has 0 unspecified atom stereocenters. The highest BCUT2D eigenvalue weighted by molar-refractivity contribution is 6.29. The Morgan fingerprint density at radius 2 is 1.94 bits per heavy atom. The van der Waals surface area contributed by atoms with Gasteiger partial charge in [-0.05, 0) is 11.6 Å². The third kappa shape index (κ3) is 2.04. The first kappa shape index (κ1) is 10.6. The van der Waals surface area contributed by atoms with Crippen molar-refractivity contribution in [1.29, 1.82) is 0 Å². The molecule has 0 saturated carbocycles. The van der Waals surface area contributed by atoms with Crippen molar-refractivity contribution in [3.63, 3.8) is 0 Å². The van der Waals surface area contributed by atoms with E-state index in [1.165, 1.54) is 12.3 Å². The number of benzene rings is 1. The van der Waals surface area contributed by atoms with E-state index >= 15 is 0 Å². The van der Waals surface area contributed by atoms with E-state index in [4.69, 9.17) is 16.7 Å². The summed E-state index contributed by atoms with van der Waals surface area (Å²) in [5.41, 5.74) is 1.53. The molecule has 0 bridgehead atoms. The molecule has 0 fully saturated rings. The van der Waals surface area contributed by atoms with E-state index < -0.39 is 5.97 Å². The number of carboxylic acids is 1. The number of halogens is 1. The second-order valence-corrected chi connectivity index (χ2v) is 3.61. The summed E-state index contributed by atoms with van der Waals surface area (Å²) >= 11 is 5.67. The monoisotopic (exact) mass is 233 g/mol. The summed E-state index contributed by atoms with van der Waals surface area (Å²) in [6.07, 6.45) is 1.47. The molecule has 80 valence electrons. The topological polar surface area (TPSA) is 50.2 Å². The molecule has 2 rings (SSSR count). The molecule has 3 nitrogen and oxygen atoms in total. The largest absolute Gasteiger partial charge is 0.478 e. The van der Waals surface area contributed by atoms with Crippen molar-refractivity contribution in [2.24, 2.45) is 0 Å². The van der Waals surface area contributed by atoms with Crippen molar-refractivity contribution in [3.8, 4) is 11.1 Å². The third-order valence-corrected chi connectivity index (χ3v) is 2.39. The fourth-order valence-corrected chi connectivity index (χ4v) is 1.61. The summed E-state index contributed by atoms with van der Waals surface area (Å²) in [4.78, 5) is 15.0. The quantitative estimate of drug-likeness (QED) is 0.811. The highest BCUT2D eigenvalue weighted by atomic mass is 35.5. The molecule has 0 spiro atoms. The molecule has 16 heavy (non-hydrogen) atoms. The maximum absolute atomic E-state index is 11.1. The van der Waals surface area contributed by atoms with Crippen LogP contribution in [0.2, 0.25) is 5.15 Å². The van der Waals surface area contributed by atoms with Crippen LogP contribution >= 0.6 is 11.6 Å². The standard InChI is InChI=1S/C12H8ClNO2/c13-11-6-9(12(15)16)10(7-14-11)8-4-2-1-3-5-8/h1-7H,(H,15,16). The summed E-state index contributed by atoms with van der Waals surface area (Å²) in [5.74, 6) is -1.01. The number of aromatic nitrogens is 1. The van der Waals surface area contributed by atoms with Gasteiger partial charge in [-0.3, -0.25) is 0 Å². The summed E-state index contributed by atoms with van der Waals surface area (Å²) < 4.78 is 0. The van der Waals surface area contributed by atoms with Gasteiger partial charge in [-0.15, -0.1) is 0 Å². The zero-order chi connectivity index (χ0) is 11.5. The lowest BCUT2D eigenvalue weighted by Crippen LogP contribution is -2.00. The minimum atomic E-state index is -1.01. The molecule has 0 aliphatic rings. The molecular formula is C12H8ClNO2. The van der Waals surface area contributed by atoms with Gasteiger partial charge in [0, 0.05) is 11.8 Å². The zero-order valence-electron chi connectivity index (χ0n) is 8.22. The van der Waals surface area contributed by atoms with Gasteiger partial charge in [0.05, 0.1) is 5.56 Å². The van der Waals surface area contributed by atoms with Crippen LogP contribution in [-0.4, -0.2) is 16.1 Å². The van der Waals surface area contributed by atoms with Crippen molar-refractivity contribution >= 4 is 17.6 Å². The van der Waals surface area contributed by atoms with Gasteiger partial charge in [0.15, 0.2) is 0 Å². The molecule has 1 aromatic carbocycles. The normalized spacial score (nSPS) is 10.1. The maximum atomic E-state index is 11.1. The number of carbonyl (C=O) groups is 1. The Hall–Kier alpha value is -1.87. The number of hydrogen-bond acceptors (Lipinski definition) is 2. The van der Waals surface area contributed by atoms with Gasteiger partial charge in [-0.2, -0.15) is 0 Å². The Kier molecular flexibility index (Phi) is 2.88. The highest BCUT2D eigenvalue weighted by Gasteiger charge is 2.12. The number of aromatic carboxylic acids is 1. The molecule has 1 heterocycles. The number of rotatable bonds is 2. The Bertz CT molecular complexity index is 526. The molecule has 0 aliphatic heterocycles. The van der Waals surface area contributed by atoms with Crippen LogP contribution < -0.4 is 0 Å². The molecule has 0 saturated heterocycles. The number of carboxylic acid groups (broad SMARTS) is 1. The second kappa shape index (κ2) is 4.33. The van der Waals surface area contributed by atoms with Gasteiger partial charge >= 0.3 is 5.97 Å². The van der Waals surface area contributed by atoms with Crippen molar-refractivity contribution in [2.75, 3.05) is 0 Å². The van der Waals surface area contributed by atoms with E-state index in [9.17, 15) is 4.79 Å². The summed E-state index contributed by atoms with van der Waals surface area (Å²) in [6, 6.07) is 10.6. The SMILES string of the molecule is O=C(O)c1cc(Cl)ncc1-c1ccccc1. The molecule has 4 heteroatoms. The van der Waals surface area contributed by atoms with Crippen LogP contribution in [0.3, 0.4) is 0 Å². The maximum Gasteiger partial charge on any atom is 0.336 e. The molecular weight excluding hydrogens is 226 g/mol. The fraction of sp³-hybridized carbons (Fsp3) is 0. The van der Waals surface area contributed by atoms with Crippen LogP contribution in [0, 0.1) is 0 Å². The van der Waals surface area contributed by atoms with Crippen molar-refractivity contribution in [2.45, 2.75) is 0 Å². The first-order chi connectivity index (χ1) is 7.68. The molecule has 0 aliphatic carbocycles. The van der Waals surface area contributed by atoms with Gasteiger partial charge in [0.2, 0.25) is 0 Å². The second-order valence-electron chi connectivity index (χ2n) is 3.22. The van der Waals surface area contributed by atoms with E-state index in [1.807, 2.05) is 30.3 Å². The number of pyridine rings is 1. The third-order valence-electron chi connectivity index (χ3n) is 2.19. The van der Waals surface area contributed by atoms with E-state index in [0.29, 0.717) is 5.56 Å². The molecule has 0 radical (unpaired) electrons. The fourth-order valence-electron chi connectivity index (χ4n) is 1.45. The predicted molar refractivity (Wildman–Crippen MR) is 61.6 cm³/mol. The molecule has 0 atom stereocenters. The Morgan fingerprint density at radius 1 is 1.25 bits per heavy atom. The molecule has 1 aromatic heterocycles. The average molecular weight is 234 g/mol. The van der Waals surface area contributed by atoms with Crippen LogP contribution in [0.4, 0.5) is 0 Å². The van der Waals surface area contributed by atoms with Gasteiger partial charge in [-0.1, -0.05) is 41.9 Å². The van der Waals surface area contributed by atoms with Gasteiger partial charge in [0.1, 0.15) is 5.15 Å². The highest BCUT2D eigenvalue weighted by Crippen LogP contribution is 2.24. The van der Waals surface area contributed by atoms with Gasteiger partial charge in [-0.25, -0.2) is 9.78 Å². The smallest absolute Gasteiger partial charge is 0.336 e. The van der Waals surface area contributed by atoms with Crippen molar-refractivity contribution in [1.82, 2.24) is 4.98 Å². The van der Waals surface area contributed by atoms with Crippen molar-refractivity contribution in [3.05, 3.63) is 53.3 Å².